The summed E-state index contributed by atoms with van der Waals surface area (Å²) in [5.74, 6) is 0.754. The van der Waals surface area contributed by atoms with Gasteiger partial charge in [-0.05, 0) is 30.1 Å². The van der Waals surface area contributed by atoms with E-state index in [2.05, 4.69) is 4.72 Å². The van der Waals surface area contributed by atoms with Gasteiger partial charge < -0.3 is 0 Å². The van der Waals surface area contributed by atoms with Crippen LogP contribution in [0.3, 0.4) is 0 Å². The van der Waals surface area contributed by atoms with Crippen LogP contribution in [0.15, 0.2) is 0 Å². The molecular formula is C11H22ClNO2S. The van der Waals surface area contributed by atoms with Crippen LogP contribution in [-0.4, -0.2) is 26.6 Å². The number of hydrogen-bond donors (Lipinski definition) is 1. The first kappa shape index (κ1) is 14.3. The fourth-order valence-electron chi connectivity index (χ4n) is 1.31. The number of nitrogens with one attached hydrogen (secondary N) is 1. The molecule has 5 heteroatoms. The Hall–Kier alpha value is 0.200. The van der Waals surface area contributed by atoms with Crippen molar-refractivity contribution < 1.29 is 8.42 Å². The molecule has 3 nitrogen and oxygen atoms in total. The predicted molar refractivity (Wildman–Crippen MR) is 68.2 cm³/mol. The lowest BCUT2D eigenvalue weighted by Gasteiger charge is -2.19. The zero-order valence-corrected chi connectivity index (χ0v) is 11.9. The van der Waals surface area contributed by atoms with Crippen molar-refractivity contribution in [2.75, 3.05) is 18.2 Å². The third kappa shape index (κ3) is 5.02. The molecule has 0 spiro atoms. The van der Waals surface area contributed by atoms with Gasteiger partial charge in [0.05, 0.1) is 5.75 Å². The van der Waals surface area contributed by atoms with E-state index < -0.39 is 10.0 Å². The van der Waals surface area contributed by atoms with E-state index in [1.165, 1.54) is 0 Å². The van der Waals surface area contributed by atoms with Crippen LogP contribution in [-0.2, 0) is 10.0 Å². The Kier molecular flexibility index (Phi) is 4.30. The molecule has 0 saturated heterocycles. The van der Waals surface area contributed by atoms with Gasteiger partial charge in [0.25, 0.3) is 0 Å². The average Bonchev–Trinajstić information content (AvgIpc) is 2.92. The summed E-state index contributed by atoms with van der Waals surface area (Å²) < 4.78 is 26.1. The maximum Gasteiger partial charge on any atom is 0.211 e. The first-order valence-corrected chi connectivity index (χ1v) is 7.90. The molecule has 0 atom stereocenters. The van der Waals surface area contributed by atoms with Crippen molar-refractivity contribution in [3.8, 4) is 0 Å². The number of hydrogen-bond acceptors (Lipinski definition) is 2. The molecule has 0 radical (unpaired) electrons. The fraction of sp³-hybridized carbons (Fsp3) is 1.00. The molecule has 0 aromatic heterocycles. The highest BCUT2D eigenvalue weighted by Gasteiger charge is 2.42. The summed E-state index contributed by atoms with van der Waals surface area (Å²) in [6.07, 6.45) is 2.76. The van der Waals surface area contributed by atoms with Gasteiger partial charge in [-0.1, -0.05) is 20.8 Å². The van der Waals surface area contributed by atoms with Gasteiger partial charge >= 0.3 is 0 Å². The molecule has 1 fully saturated rings. The highest BCUT2D eigenvalue weighted by atomic mass is 35.5. The zero-order valence-electron chi connectivity index (χ0n) is 10.3. The van der Waals surface area contributed by atoms with Crippen LogP contribution < -0.4 is 4.72 Å². The van der Waals surface area contributed by atoms with Crippen LogP contribution in [0.5, 0.6) is 0 Å². The maximum absolute atomic E-state index is 11.7. The molecule has 96 valence electrons. The summed E-state index contributed by atoms with van der Waals surface area (Å²) in [5.41, 5.74) is 0.106. The third-order valence-electron chi connectivity index (χ3n) is 3.03. The smallest absolute Gasteiger partial charge is 0.211 e. The minimum Gasteiger partial charge on any atom is -0.215 e. The van der Waals surface area contributed by atoms with Gasteiger partial charge in [-0.25, -0.2) is 13.1 Å². The molecule has 1 aliphatic rings. The van der Waals surface area contributed by atoms with Gasteiger partial charge in [-0.3, -0.25) is 0 Å². The Morgan fingerprint density at radius 1 is 1.31 bits per heavy atom. The van der Waals surface area contributed by atoms with Crippen molar-refractivity contribution in [1.82, 2.24) is 4.72 Å². The minimum atomic E-state index is -3.13. The second kappa shape index (κ2) is 4.83. The van der Waals surface area contributed by atoms with E-state index in [1.54, 1.807) is 0 Å². The van der Waals surface area contributed by atoms with Crippen molar-refractivity contribution in [3.63, 3.8) is 0 Å². The molecule has 0 aromatic carbocycles. The monoisotopic (exact) mass is 267 g/mol. The van der Waals surface area contributed by atoms with Crippen molar-refractivity contribution in [1.29, 1.82) is 0 Å². The quantitative estimate of drug-likeness (QED) is 0.751. The Labute approximate surface area is 104 Å². The molecule has 1 rings (SSSR count). The number of rotatable bonds is 6. The van der Waals surface area contributed by atoms with Gasteiger partial charge in [0.15, 0.2) is 0 Å². The summed E-state index contributed by atoms with van der Waals surface area (Å²) in [4.78, 5) is 0. The average molecular weight is 268 g/mol. The lowest BCUT2D eigenvalue weighted by molar-refractivity contribution is 0.396. The Morgan fingerprint density at radius 2 is 1.88 bits per heavy atom. The van der Waals surface area contributed by atoms with E-state index in [0.717, 1.165) is 12.8 Å². The Morgan fingerprint density at radius 3 is 2.25 bits per heavy atom. The molecule has 0 aromatic rings. The SMILES string of the molecule is CC(C)(C)CCS(=O)(=O)NCC1(CCl)CC1. The van der Waals surface area contributed by atoms with Crippen molar-refractivity contribution in [2.45, 2.75) is 40.0 Å². The largest absolute Gasteiger partial charge is 0.215 e. The first-order valence-electron chi connectivity index (χ1n) is 5.71. The normalized spacial score (nSPS) is 19.8. The Bertz CT molecular complexity index is 328. The van der Waals surface area contributed by atoms with Gasteiger partial charge in [-0.15, -0.1) is 11.6 Å². The van der Waals surface area contributed by atoms with Crippen LogP contribution in [0.2, 0.25) is 0 Å². The van der Waals surface area contributed by atoms with E-state index in [1.807, 2.05) is 20.8 Å². The first-order chi connectivity index (χ1) is 7.18. The van der Waals surface area contributed by atoms with Crippen LogP contribution in [0.25, 0.3) is 0 Å². The highest BCUT2D eigenvalue weighted by molar-refractivity contribution is 7.89. The number of sulfonamides is 1. The van der Waals surface area contributed by atoms with Crippen LogP contribution in [0.1, 0.15) is 40.0 Å². The van der Waals surface area contributed by atoms with E-state index in [-0.39, 0.29) is 16.6 Å². The molecule has 0 amide bonds. The molecule has 0 aliphatic heterocycles. The van der Waals surface area contributed by atoms with E-state index in [9.17, 15) is 8.42 Å². The van der Waals surface area contributed by atoms with E-state index >= 15 is 0 Å². The fourth-order valence-corrected chi connectivity index (χ4v) is 3.22. The second-order valence-electron chi connectivity index (χ2n) is 6.08. The zero-order chi connectivity index (χ0) is 12.4. The van der Waals surface area contributed by atoms with Crippen molar-refractivity contribution in [2.24, 2.45) is 10.8 Å². The van der Waals surface area contributed by atoms with Crippen LogP contribution in [0.4, 0.5) is 0 Å². The van der Waals surface area contributed by atoms with Gasteiger partial charge in [-0.2, -0.15) is 0 Å². The van der Waals surface area contributed by atoms with Crippen molar-refractivity contribution in [3.05, 3.63) is 0 Å². The minimum absolute atomic E-state index is 0.0519. The van der Waals surface area contributed by atoms with E-state index in [4.69, 9.17) is 11.6 Å². The number of halogens is 1. The lowest BCUT2D eigenvalue weighted by Crippen LogP contribution is -2.33. The lowest BCUT2D eigenvalue weighted by atomic mass is 9.94. The van der Waals surface area contributed by atoms with Gasteiger partial charge in [0.1, 0.15) is 0 Å². The summed E-state index contributed by atoms with van der Waals surface area (Å²) in [7, 11) is -3.13. The van der Waals surface area contributed by atoms with E-state index in [0.29, 0.717) is 18.8 Å². The third-order valence-corrected chi connectivity index (χ3v) is 4.92. The van der Waals surface area contributed by atoms with Crippen LogP contribution in [0, 0.1) is 10.8 Å². The summed E-state index contributed by atoms with van der Waals surface area (Å²) >= 11 is 5.80. The maximum atomic E-state index is 11.7. The molecule has 0 heterocycles. The predicted octanol–water partition coefficient (Wildman–Crippen LogP) is 2.36. The topological polar surface area (TPSA) is 46.2 Å². The molecule has 1 N–H and O–H groups in total. The molecule has 0 bridgehead atoms. The molecule has 16 heavy (non-hydrogen) atoms. The number of alkyl halides is 1. The molecule has 1 aliphatic carbocycles. The summed E-state index contributed by atoms with van der Waals surface area (Å²) in [5, 5.41) is 0. The Balaban J connectivity index is 2.35. The van der Waals surface area contributed by atoms with Gasteiger partial charge in [0, 0.05) is 12.4 Å². The standard InChI is InChI=1S/C11H22ClNO2S/c1-10(2,3)6-7-16(14,15)13-9-11(8-12)4-5-11/h13H,4-9H2,1-3H3. The second-order valence-corrected chi connectivity index (χ2v) is 8.28. The van der Waals surface area contributed by atoms with Crippen LogP contribution >= 0.6 is 11.6 Å². The molecular weight excluding hydrogens is 246 g/mol. The molecule has 1 saturated carbocycles. The summed E-state index contributed by atoms with van der Waals surface area (Å²) in [6.45, 7) is 6.64. The highest BCUT2D eigenvalue weighted by Crippen LogP contribution is 2.45. The summed E-state index contributed by atoms with van der Waals surface area (Å²) in [6, 6.07) is 0. The van der Waals surface area contributed by atoms with Gasteiger partial charge in [0.2, 0.25) is 10.0 Å². The van der Waals surface area contributed by atoms with Crippen molar-refractivity contribution >= 4 is 21.6 Å². The molecule has 0 unspecified atom stereocenters.